The molecular formula is C9H8ClNO2. The Morgan fingerprint density at radius 3 is 3.00 bits per heavy atom. The first-order valence-electron chi connectivity index (χ1n) is 3.78. The molecule has 0 atom stereocenters. The van der Waals surface area contributed by atoms with Crippen LogP contribution in [0.4, 0.5) is 5.69 Å². The number of aliphatic imine (C=N–C) groups is 1. The number of carbonyl (C=O) groups excluding carboxylic acids is 1. The van der Waals surface area contributed by atoms with E-state index in [1.165, 1.54) is 6.08 Å². The molecule has 1 rings (SSSR count). The van der Waals surface area contributed by atoms with E-state index < -0.39 is 0 Å². The highest BCUT2D eigenvalue weighted by Crippen LogP contribution is 2.34. The highest BCUT2D eigenvalue weighted by molar-refractivity contribution is 6.32. The monoisotopic (exact) mass is 197 g/mol. The number of isocyanates is 1. The van der Waals surface area contributed by atoms with Crippen LogP contribution in [0, 0.1) is 0 Å². The van der Waals surface area contributed by atoms with Crippen LogP contribution in [0.5, 0.6) is 5.75 Å². The lowest BCUT2D eigenvalue weighted by Crippen LogP contribution is -1.92. The molecule has 4 heteroatoms. The lowest BCUT2D eigenvalue weighted by Gasteiger charge is -2.06. The molecule has 0 aliphatic carbocycles. The van der Waals surface area contributed by atoms with Gasteiger partial charge in [-0.05, 0) is 19.1 Å². The predicted molar refractivity (Wildman–Crippen MR) is 50.4 cm³/mol. The fraction of sp³-hybridized carbons (Fsp3) is 0.222. The number of hydrogen-bond donors (Lipinski definition) is 0. The van der Waals surface area contributed by atoms with E-state index in [2.05, 4.69) is 4.99 Å². The fourth-order valence-corrected chi connectivity index (χ4v) is 1.15. The van der Waals surface area contributed by atoms with E-state index in [0.717, 1.165) is 0 Å². The third-order valence-electron chi connectivity index (χ3n) is 1.40. The topological polar surface area (TPSA) is 38.7 Å². The summed E-state index contributed by atoms with van der Waals surface area (Å²) in [6, 6.07) is 5.01. The molecule has 3 nitrogen and oxygen atoms in total. The third-order valence-corrected chi connectivity index (χ3v) is 1.70. The summed E-state index contributed by atoms with van der Waals surface area (Å²) in [5.41, 5.74) is 0.407. The second-order valence-electron chi connectivity index (χ2n) is 2.22. The van der Waals surface area contributed by atoms with Crippen LogP contribution in [0.2, 0.25) is 5.02 Å². The minimum atomic E-state index is 0.407. The van der Waals surface area contributed by atoms with Crippen molar-refractivity contribution in [3.63, 3.8) is 0 Å². The van der Waals surface area contributed by atoms with E-state index in [0.29, 0.717) is 23.1 Å². The molecular weight excluding hydrogens is 190 g/mol. The highest BCUT2D eigenvalue weighted by atomic mass is 35.5. The average Bonchev–Trinajstić information content (AvgIpc) is 2.11. The Kier molecular flexibility index (Phi) is 3.50. The van der Waals surface area contributed by atoms with Gasteiger partial charge in [-0.15, -0.1) is 0 Å². The van der Waals surface area contributed by atoms with Gasteiger partial charge in [-0.2, -0.15) is 4.99 Å². The maximum Gasteiger partial charge on any atom is 0.240 e. The Morgan fingerprint density at radius 2 is 2.38 bits per heavy atom. The van der Waals surface area contributed by atoms with Gasteiger partial charge in [0.05, 0.1) is 11.6 Å². The van der Waals surface area contributed by atoms with Gasteiger partial charge < -0.3 is 4.74 Å². The van der Waals surface area contributed by atoms with E-state index in [4.69, 9.17) is 16.3 Å². The Hall–Kier alpha value is -1.31. The molecule has 68 valence electrons. The number of nitrogens with zero attached hydrogens (tertiary/aromatic N) is 1. The van der Waals surface area contributed by atoms with Crippen molar-refractivity contribution in [2.75, 3.05) is 6.61 Å². The summed E-state index contributed by atoms with van der Waals surface area (Å²) in [6.07, 6.45) is 1.45. The van der Waals surface area contributed by atoms with Crippen LogP contribution in [0.15, 0.2) is 23.2 Å². The molecule has 0 saturated carbocycles. The number of halogens is 1. The Morgan fingerprint density at radius 1 is 1.62 bits per heavy atom. The predicted octanol–water partition coefficient (Wildman–Crippen LogP) is 2.71. The van der Waals surface area contributed by atoms with Crippen LogP contribution < -0.4 is 4.74 Å². The lowest BCUT2D eigenvalue weighted by molar-refractivity contribution is 0.341. The molecule has 1 aromatic rings. The number of rotatable bonds is 3. The van der Waals surface area contributed by atoms with Crippen molar-refractivity contribution >= 4 is 23.4 Å². The van der Waals surface area contributed by atoms with Gasteiger partial charge in [-0.3, -0.25) is 0 Å². The van der Waals surface area contributed by atoms with E-state index in [-0.39, 0.29) is 0 Å². The van der Waals surface area contributed by atoms with Gasteiger partial charge in [0.2, 0.25) is 6.08 Å². The number of para-hydroxylation sites is 1. The Bertz CT molecular complexity index is 345. The minimum Gasteiger partial charge on any atom is -0.490 e. The average molecular weight is 198 g/mol. The van der Waals surface area contributed by atoms with Crippen LogP contribution >= 0.6 is 11.6 Å². The molecule has 0 fully saturated rings. The summed E-state index contributed by atoms with van der Waals surface area (Å²) in [5.74, 6) is 0.426. The second-order valence-corrected chi connectivity index (χ2v) is 2.63. The van der Waals surface area contributed by atoms with Gasteiger partial charge in [0.1, 0.15) is 5.69 Å². The Labute approximate surface area is 81.0 Å². The van der Waals surface area contributed by atoms with E-state index in [1.807, 2.05) is 6.92 Å². The van der Waals surface area contributed by atoms with Crippen LogP contribution in [-0.2, 0) is 4.79 Å². The molecule has 0 amide bonds. The second kappa shape index (κ2) is 4.65. The van der Waals surface area contributed by atoms with Crippen LogP contribution in [0.1, 0.15) is 6.92 Å². The molecule has 0 aliphatic rings. The number of benzene rings is 1. The number of ether oxygens (including phenoxy) is 1. The quantitative estimate of drug-likeness (QED) is 0.552. The maximum atomic E-state index is 10.1. The van der Waals surface area contributed by atoms with Crippen molar-refractivity contribution in [2.45, 2.75) is 6.92 Å². The van der Waals surface area contributed by atoms with Crippen molar-refractivity contribution in [3.8, 4) is 5.75 Å². The third kappa shape index (κ3) is 2.31. The van der Waals surface area contributed by atoms with E-state index in [9.17, 15) is 4.79 Å². The molecule has 0 unspecified atom stereocenters. The molecule has 0 saturated heterocycles. The molecule has 13 heavy (non-hydrogen) atoms. The summed E-state index contributed by atoms with van der Waals surface area (Å²) < 4.78 is 5.22. The SMILES string of the molecule is CCOc1c(Cl)cccc1N=C=O. The minimum absolute atomic E-state index is 0.407. The van der Waals surface area contributed by atoms with Crippen molar-refractivity contribution < 1.29 is 9.53 Å². The zero-order chi connectivity index (χ0) is 9.68. The van der Waals surface area contributed by atoms with Gasteiger partial charge >= 0.3 is 0 Å². The van der Waals surface area contributed by atoms with Gasteiger partial charge in [-0.25, -0.2) is 4.79 Å². The zero-order valence-corrected chi connectivity index (χ0v) is 7.84. The van der Waals surface area contributed by atoms with Crippen molar-refractivity contribution in [1.82, 2.24) is 0 Å². The summed E-state index contributed by atoms with van der Waals surface area (Å²) in [4.78, 5) is 13.5. The molecule has 0 heterocycles. The van der Waals surface area contributed by atoms with Crippen LogP contribution in [-0.4, -0.2) is 12.7 Å². The van der Waals surface area contributed by atoms with Gasteiger partial charge in [0, 0.05) is 0 Å². The molecule has 0 aromatic heterocycles. The summed E-state index contributed by atoms with van der Waals surface area (Å²) >= 11 is 5.83. The molecule has 0 spiro atoms. The smallest absolute Gasteiger partial charge is 0.240 e. The largest absolute Gasteiger partial charge is 0.490 e. The standard InChI is InChI=1S/C9H8ClNO2/c1-2-13-9-7(10)4-3-5-8(9)11-6-12/h3-5H,2H2,1H3. The van der Waals surface area contributed by atoms with Crippen molar-refractivity contribution in [1.29, 1.82) is 0 Å². The Balaban J connectivity index is 3.16. The molecule has 0 bridgehead atoms. The van der Waals surface area contributed by atoms with E-state index >= 15 is 0 Å². The summed E-state index contributed by atoms with van der Waals surface area (Å²) in [6.45, 7) is 2.31. The lowest BCUT2D eigenvalue weighted by atomic mass is 10.3. The summed E-state index contributed by atoms with van der Waals surface area (Å²) in [5, 5.41) is 0.443. The first-order chi connectivity index (χ1) is 6.29. The van der Waals surface area contributed by atoms with E-state index in [1.54, 1.807) is 18.2 Å². The highest BCUT2D eigenvalue weighted by Gasteiger charge is 2.06. The van der Waals surface area contributed by atoms with Gasteiger partial charge in [0.25, 0.3) is 0 Å². The molecule has 0 N–H and O–H groups in total. The normalized spacial score (nSPS) is 9.08. The van der Waals surface area contributed by atoms with Gasteiger partial charge in [-0.1, -0.05) is 17.7 Å². The first kappa shape index (κ1) is 9.78. The maximum absolute atomic E-state index is 10.1. The van der Waals surface area contributed by atoms with Crippen molar-refractivity contribution in [3.05, 3.63) is 23.2 Å². The van der Waals surface area contributed by atoms with Crippen LogP contribution in [0.3, 0.4) is 0 Å². The molecule has 0 radical (unpaired) electrons. The van der Waals surface area contributed by atoms with Gasteiger partial charge in [0.15, 0.2) is 5.75 Å². The molecule has 0 aliphatic heterocycles. The first-order valence-corrected chi connectivity index (χ1v) is 4.16. The fourth-order valence-electron chi connectivity index (χ4n) is 0.922. The van der Waals surface area contributed by atoms with Crippen molar-refractivity contribution in [2.24, 2.45) is 4.99 Å². The number of hydrogen-bond acceptors (Lipinski definition) is 3. The van der Waals surface area contributed by atoms with Crippen LogP contribution in [0.25, 0.3) is 0 Å². The molecule has 1 aromatic carbocycles. The zero-order valence-electron chi connectivity index (χ0n) is 7.08. The summed E-state index contributed by atoms with van der Waals surface area (Å²) in [7, 11) is 0.